The van der Waals surface area contributed by atoms with Crippen LogP contribution in [0, 0.1) is 11.8 Å². The van der Waals surface area contributed by atoms with E-state index in [1.807, 2.05) is 0 Å². The quantitative estimate of drug-likeness (QED) is 0.461. The van der Waals surface area contributed by atoms with E-state index in [1.165, 1.54) is 25.3 Å². The summed E-state index contributed by atoms with van der Waals surface area (Å²) >= 11 is 0. The second-order valence-electron chi connectivity index (χ2n) is 3.46. The average molecular weight is 164 g/mol. The summed E-state index contributed by atoms with van der Waals surface area (Å²) in [4.78, 5) is 10.9. The maximum absolute atomic E-state index is 10.9. The third-order valence-corrected chi connectivity index (χ3v) is 2.66. The number of hydrogen-bond acceptors (Lipinski definition) is 2. The highest BCUT2D eigenvalue weighted by Gasteiger charge is 2.34. The summed E-state index contributed by atoms with van der Waals surface area (Å²) in [5.74, 6) is 1.74. The summed E-state index contributed by atoms with van der Waals surface area (Å²) in [5.41, 5.74) is 0. The molecule has 0 radical (unpaired) electrons. The van der Waals surface area contributed by atoms with E-state index in [0.717, 1.165) is 5.76 Å². The van der Waals surface area contributed by atoms with Gasteiger partial charge in [-0.2, -0.15) is 0 Å². The second-order valence-corrected chi connectivity index (χ2v) is 3.46. The van der Waals surface area contributed by atoms with Crippen molar-refractivity contribution in [2.75, 3.05) is 0 Å². The normalized spacial score (nSPS) is 31.5. The highest BCUT2D eigenvalue weighted by Crippen LogP contribution is 2.43. The summed E-state index contributed by atoms with van der Waals surface area (Å²) in [6.45, 7) is 3.36. The molecular weight excluding hydrogens is 152 g/mol. The predicted molar refractivity (Wildman–Crippen MR) is 45.2 cm³/mol. The van der Waals surface area contributed by atoms with Crippen molar-refractivity contribution in [1.29, 1.82) is 0 Å². The first-order chi connectivity index (χ1) is 5.79. The van der Waals surface area contributed by atoms with E-state index in [2.05, 4.69) is 12.7 Å². The van der Waals surface area contributed by atoms with E-state index in [0.29, 0.717) is 11.8 Å². The fourth-order valence-corrected chi connectivity index (χ4v) is 2.07. The number of fused-ring (bicyclic) bond motifs is 2. The minimum atomic E-state index is -0.325. The highest BCUT2D eigenvalue weighted by molar-refractivity contribution is 5.82. The van der Waals surface area contributed by atoms with Crippen LogP contribution in [0.1, 0.15) is 19.3 Å². The average Bonchev–Trinajstić information content (AvgIpc) is 2.64. The Balaban J connectivity index is 2.02. The van der Waals surface area contributed by atoms with Crippen molar-refractivity contribution in [3.05, 3.63) is 24.5 Å². The Morgan fingerprint density at radius 1 is 1.67 bits per heavy atom. The van der Waals surface area contributed by atoms with E-state index in [-0.39, 0.29) is 5.97 Å². The number of hydrogen-bond donors (Lipinski definition) is 0. The molecule has 64 valence electrons. The van der Waals surface area contributed by atoms with Crippen molar-refractivity contribution in [2.24, 2.45) is 11.8 Å². The Morgan fingerprint density at radius 2 is 2.50 bits per heavy atom. The van der Waals surface area contributed by atoms with Crippen LogP contribution in [0.4, 0.5) is 0 Å². The van der Waals surface area contributed by atoms with Crippen LogP contribution in [0.25, 0.3) is 0 Å². The van der Waals surface area contributed by atoms with Crippen LogP contribution in [-0.4, -0.2) is 5.97 Å². The third-order valence-electron chi connectivity index (χ3n) is 2.66. The summed E-state index contributed by atoms with van der Waals surface area (Å²) in [7, 11) is 0. The third kappa shape index (κ3) is 1.17. The summed E-state index contributed by atoms with van der Waals surface area (Å²) < 4.78 is 5.10. The number of allylic oxidation sites excluding steroid dienone is 2. The number of carbonyl (C=O) groups excluding carboxylic acids is 1. The SMILES string of the molecule is C=CC(=O)OC1=CC2CCC1C2. The molecule has 2 aliphatic rings. The van der Waals surface area contributed by atoms with E-state index in [1.54, 1.807) is 0 Å². The van der Waals surface area contributed by atoms with Gasteiger partial charge in [0.25, 0.3) is 0 Å². The van der Waals surface area contributed by atoms with Gasteiger partial charge in [-0.05, 0) is 31.3 Å². The minimum absolute atomic E-state index is 0.325. The molecule has 1 saturated carbocycles. The molecule has 2 aliphatic carbocycles. The number of esters is 1. The van der Waals surface area contributed by atoms with Gasteiger partial charge in [-0.25, -0.2) is 4.79 Å². The van der Waals surface area contributed by atoms with Gasteiger partial charge in [-0.1, -0.05) is 6.58 Å². The molecule has 2 nitrogen and oxygen atoms in total. The van der Waals surface area contributed by atoms with Crippen molar-refractivity contribution in [3.8, 4) is 0 Å². The van der Waals surface area contributed by atoms with Crippen molar-refractivity contribution >= 4 is 5.97 Å². The maximum Gasteiger partial charge on any atom is 0.335 e. The number of ether oxygens (including phenoxy) is 1. The second kappa shape index (κ2) is 2.77. The molecule has 0 heterocycles. The van der Waals surface area contributed by atoms with Crippen molar-refractivity contribution < 1.29 is 9.53 Å². The molecule has 0 saturated heterocycles. The van der Waals surface area contributed by atoms with Crippen LogP contribution in [0.2, 0.25) is 0 Å². The first-order valence-electron chi connectivity index (χ1n) is 4.35. The van der Waals surface area contributed by atoms with Gasteiger partial charge in [0.1, 0.15) is 5.76 Å². The molecule has 0 aromatic rings. The Hall–Kier alpha value is -1.05. The zero-order valence-corrected chi connectivity index (χ0v) is 6.95. The van der Waals surface area contributed by atoms with Gasteiger partial charge in [-0.15, -0.1) is 0 Å². The van der Waals surface area contributed by atoms with E-state index in [4.69, 9.17) is 4.74 Å². The van der Waals surface area contributed by atoms with Gasteiger partial charge >= 0.3 is 5.97 Å². The topological polar surface area (TPSA) is 26.3 Å². The molecular formula is C10H12O2. The van der Waals surface area contributed by atoms with Gasteiger partial charge in [0.2, 0.25) is 0 Å². The van der Waals surface area contributed by atoms with Crippen LogP contribution in [0.5, 0.6) is 0 Å². The largest absolute Gasteiger partial charge is 0.428 e. The van der Waals surface area contributed by atoms with E-state index >= 15 is 0 Å². The first-order valence-corrected chi connectivity index (χ1v) is 4.35. The zero-order chi connectivity index (χ0) is 8.55. The molecule has 0 aromatic heterocycles. The Morgan fingerprint density at radius 3 is 3.00 bits per heavy atom. The standard InChI is InChI=1S/C10H12O2/c1-2-10(11)12-9-6-7-3-4-8(9)5-7/h2,6-8H,1,3-5H2. The molecule has 2 heteroatoms. The molecule has 2 bridgehead atoms. The van der Waals surface area contributed by atoms with Gasteiger partial charge in [0.15, 0.2) is 0 Å². The monoisotopic (exact) mass is 164 g/mol. The van der Waals surface area contributed by atoms with Gasteiger partial charge in [0, 0.05) is 12.0 Å². The smallest absolute Gasteiger partial charge is 0.335 e. The zero-order valence-electron chi connectivity index (χ0n) is 6.95. The molecule has 0 aromatic carbocycles. The van der Waals surface area contributed by atoms with Crippen LogP contribution >= 0.6 is 0 Å². The summed E-state index contributed by atoms with van der Waals surface area (Å²) in [5, 5.41) is 0. The van der Waals surface area contributed by atoms with Gasteiger partial charge in [-0.3, -0.25) is 0 Å². The molecule has 12 heavy (non-hydrogen) atoms. The Labute approximate surface area is 71.9 Å². The fourth-order valence-electron chi connectivity index (χ4n) is 2.07. The first kappa shape index (κ1) is 7.59. The van der Waals surface area contributed by atoms with E-state index in [9.17, 15) is 4.79 Å². The van der Waals surface area contributed by atoms with Crippen molar-refractivity contribution in [3.63, 3.8) is 0 Å². The van der Waals surface area contributed by atoms with Crippen LogP contribution < -0.4 is 0 Å². The maximum atomic E-state index is 10.9. The Bertz CT molecular complexity index is 253. The van der Waals surface area contributed by atoms with Crippen molar-refractivity contribution in [1.82, 2.24) is 0 Å². The van der Waals surface area contributed by atoms with Crippen LogP contribution in [0.3, 0.4) is 0 Å². The molecule has 0 spiro atoms. The lowest BCUT2D eigenvalue weighted by atomic mass is 10.1. The molecule has 2 atom stereocenters. The lowest BCUT2D eigenvalue weighted by Gasteiger charge is -2.11. The molecule has 0 amide bonds. The van der Waals surface area contributed by atoms with Crippen LogP contribution in [0.15, 0.2) is 24.5 Å². The van der Waals surface area contributed by atoms with Crippen LogP contribution in [-0.2, 0) is 9.53 Å². The molecule has 2 unspecified atom stereocenters. The molecule has 0 N–H and O–H groups in total. The van der Waals surface area contributed by atoms with E-state index < -0.39 is 0 Å². The van der Waals surface area contributed by atoms with Gasteiger partial charge < -0.3 is 4.74 Å². The summed E-state index contributed by atoms with van der Waals surface area (Å²) in [6.07, 6.45) is 6.93. The summed E-state index contributed by atoms with van der Waals surface area (Å²) in [6, 6.07) is 0. The fraction of sp³-hybridized carbons (Fsp3) is 0.500. The predicted octanol–water partition coefficient (Wildman–Crippen LogP) is 2.03. The minimum Gasteiger partial charge on any atom is -0.428 e. The lowest BCUT2D eigenvalue weighted by molar-refractivity contribution is -0.134. The highest BCUT2D eigenvalue weighted by atomic mass is 16.5. The lowest BCUT2D eigenvalue weighted by Crippen LogP contribution is -2.06. The van der Waals surface area contributed by atoms with Gasteiger partial charge in [0.05, 0.1) is 0 Å². The Kier molecular flexibility index (Phi) is 1.75. The molecule has 1 fully saturated rings. The molecule has 0 aliphatic heterocycles. The number of rotatable bonds is 2. The van der Waals surface area contributed by atoms with Crippen molar-refractivity contribution in [2.45, 2.75) is 19.3 Å². The number of carbonyl (C=O) groups is 1. The molecule has 2 rings (SSSR count).